The third-order valence-electron chi connectivity index (χ3n) is 3.18. The molecular weight excluding hydrogens is 316 g/mol. The van der Waals surface area contributed by atoms with Gasteiger partial charge in [0.2, 0.25) is 0 Å². The number of Topliss-reactive ketones (excluding diaryl/α,β-unsaturated/α-hetero) is 1. The van der Waals surface area contributed by atoms with E-state index in [9.17, 15) is 4.79 Å². The van der Waals surface area contributed by atoms with E-state index in [4.69, 9.17) is 4.74 Å². The number of aryl methyl sites for hydroxylation is 2. The number of halogens is 1. The second-order valence-electron chi connectivity index (χ2n) is 4.67. The Kier molecular flexibility index (Phi) is 4.96. The predicted octanol–water partition coefficient (Wildman–Crippen LogP) is 4.58. The SMILES string of the molecule is CCc1ccc(C(=O)COc2ccc(Br)c(C)c2)cc1. The molecular formula is C17H17BrO2. The Balaban J connectivity index is 1.98. The summed E-state index contributed by atoms with van der Waals surface area (Å²) >= 11 is 3.44. The molecule has 2 nitrogen and oxygen atoms in total. The van der Waals surface area contributed by atoms with Gasteiger partial charge < -0.3 is 4.74 Å². The lowest BCUT2D eigenvalue weighted by Gasteiger charge is -2.07. The molecule has 0 spiro atoms. The molecule has 0 aliphatic carbocycles. The quantitative estimate of drug-likeness (QED) is 0.749. The first-order valence-electron chi connectivity index (χ1n) is 6.61. The minimum atomic E-state index is -0.00627. The van der Waals surface area contributed by atoms with Gasteiger partial charge in [-0.3, -0.25) is 4.79 Å². The first-order chi connectivity index (χ1) is 9.60. The Bertz CT molecular complexity index is 603. The zero-order valence-electron chi connectivity index (χ0n) is 11.7. The highest BCUT2D eigenvalue weighted by atomic mass is 79.9. The fraction of sp³-hybridized carbons (Fsp3) is 0.235. The number of carbonyl (C=O) groups is 1. The Morgan fingerprint density at radius 2 is 1.85 bits per heavy atom. The van der Waals surface area contributed by atoms with Gasteiger partial charge in [0.15, 0.2) is 12.4 Å². The number of hydrogen-bond acceptors (Lipinski definition) is 2. The molecule has 0 unspecified atom stereocenters. The van der Waals surface area contributed by atoms with Crippen LogP contribution in [0.2, 0.25) is 0 Å². The van der Waals surface area contributed by atoms with Crippen LogP contribution in [-0.4, -0.2) is 12.4 Å². The summed E-state index contributed by atoms with van der Waals surface area (Å²) in [5.74, 6) is 0.706. The number of ether oxygens (including phenoxy) is 1. The maximum atomic E-state index is 12.0. The second-order valence-corrected chi connectivity index (χ2v) is 5.53. The Morgan fingerprint density at radius 3 is 2.45 bits per heavy atom. The van der Waals surface area contributed by atoms with Crippen molar-refractivity contribution in [2.75, 3.05) is 6.61 Å². The van der Waals surface area contributed by atoms with E-state index >= 15 is 0 Å². The van der Waals surface area contributed by atoms with Crippen LogP contribution in [0.1, 0.15) is 28.4 Å². The Morgan fingerprint density at radius 1 is 1.15 bits per heavy atom. The zero-order chi connectivity index (χ0) is 14.5. The second kappa shape index (κ2) is 6.71. The predicted molar refractivity (Wildman–Crippen MR) is 84.5 cm³/mol. The van der Waals surface area contributed by atoms with E-state index < -0.39 is 0 Å². The van der Waals surface area contributed by atoms with Crippen molar-refractivity contribution >= 4 is 21.7 Å². The average Bonchev–Trinajstić information content (AvgIpc) is 2.48. The number of hydrogen-bond donors (Lipinski definition) is 0. The molecule has 2 aromatic carbocycles. The average molecular weight is 333 g/mol. The maximum Gasteiger partial charge on any atom is 0.200 e. The lowest BCUT2D eigenvalue weighted by molar-refractivity contribution is 0.0921. The summed E-state index contributed by atoms with van der Waals surface area (Å²) in [6.45, 7) is 4.14. The molecule has 2 rings (SSSR count). The molecule has 0 radical (unpaired) electrons. The van der Waals surface area contributed by atoms with E-state index in [-0.39, 0.29) is 12.4 Å². The van der Waals surface area contributed by atoms with Crippen molar-refractivity contribution in [1.29, 1.82) is 0 Å². The van der Waals surface area contributed by atoms with Crippen LogP contribution in [0.3, 0.4) is 0 Å². The van der Waals surface area contributed by atoms with E-state index in [1.54, 1.807) is 0 Å². The van der Waals surface area contributed by atoms with Gasteiger partial charge in [0, 0.05) is 10.0 Å². The van der Waals surface area contributed by atoms with Crippen molar-refractivity contribution in [2.24, 2.45) is 0 Å². The normalized spacial score (nSPS) is 10.3. The highest BCUT2D eigenvalue weighted by molar-refractivity contribution is 9.10. The Hall–Kier alpha value is -1.61. The standard InChI is InChI=1S/C17H17BrO2/c1-3-13-4-6-14(7-5-13)17(19)11-20-15-8-9-16(18)12(2)10-15/h4-10H,3,11H2,1-2H3. The van der Waals surface area contributed by atoms with Gasteiger partial charge in [0.05, 0.1) is 0 Å². The van der Waals surface area contributed by atoms with Crippen LogP contribution in [0.5, 0.6) is 5.75 Å². The van der Waals surface area contributed by atoms with Crippen LogP contribution < -0.4 is 4.74 Å². The minimum Gasteiger partial charge on any atom is -0.485 e. The molecule has 0 N–H and O–H groups in total. The van der Waals surface area contributed by atoms with Crippen molar-refractivity contribution in [3.63, 3.8) is 0 Å². The van der Waals surface area contributed by atoms with Gasteiger partial charge in [-0.2, -0.15) is 0 Å². The van der Waals surface area contributed by atoms with Crippen LogP contribution in [-0.2, 0) is 6.42 Å². The summed E-state index contributed by atoms with van der Waals surface area (Å²) in [6, 6.07) is 13.4. The van der Waals surface area contributed by atoms with Crippen molar-refractivity contribution in [2.45, 2.75) is 20.3 Å². The molecule has 0 amide bonds. The highest BCUT2D eigenvalue weighted by Gasteiger charge is 2.07. The number of rotatable bonds is 5. The first-order valence-corrected chi connectivity index (χ1v) is 7.40. The first kappa shape index (κ1) is 14.8. The molecule has 0 aromatic heterocycles. The molecule has 0 aliphatic heterocycles. The molecule has 0 fully saturated rings. The Labute approximate surface area is 127 Å². The molecule has 0 atom stereocenters. The van der Waals surface area contributed by atoms with E-state index in [2.05, 4.69) is 22.9 Å². The smallest absolute Gasteiger partial charge is 0.200 e. The molecule has 0 saturated carbocycles. The lowest BCUT2D eigenvalue weighted by Crippen LogP contribution is -2.11. The number of ketones is 1. The van der Waals surface area contributed by atoms with Gasteiger partial charge >= 0.3 is 0 Å². The third kappa shape index (κ3) is 3.70. The van der Waals surface area contributed by atoms with Crippen molar-refractivity contribution in [1.82, 2.24) is 0 Å². The molecule has 2 aromatic rings. The van der Waals surface area contributed by atoms with Crippen LogP contribution in [0, 0.1) is 6.92 Å². The fourth-order valence-electron chi connectivity index (χ4n) is 1.87. The summed E-state index contributed by atoms with van der Waals surface area (Å²) in [6.07, 6.45) is 0.975. The zero-order valence-corrected chi connectivity index (χ0v) is 13.2. The highest BCUT2D eigenvalue weighted by Crippen LogP contribution is 2.21. The molecule has 0 saturated heterocycles. The third-order valence-corrected chi connectivity index (χ3v) is 4.07. The van der Waals surface area contributed by atoms with Crippen LogP contribution >= 0.6 is 15.9 Å². The van der Waals surface area contributed by atoms with Crippen LogP contribution in [0.4, 0.5) is 0 Å². The van der Waals surface area contributed by atoms with Crippen LogP contribution in [0.25, 0.3) is 0 Å². The fourth-order valence-corrected chi connectivity index (χ4v) is 2.11. The van der Waals surface area contributed by atoms with E-state index in [1.807, 2.05) is 49.4 Å². The van der Waals surface area contributed by atoms with Gasteiger partial charge in [-0.25, -0.2) is 0 Å². The molecule has 0 bridgehead atoms. The summed E-state index contributed by atoms with van der Waals surface area (Å²) < 4.78 is 6.58. The van der Waals surface area contributed by atoms with Crippen molar-refractivity contribution < 1.29 is 9.53 Å². The van der Waals surface area contributed by atoms with Gasteiger partial charge in [0.25, 0.3) is 0 Å². The maximum absolute atomic E-state index is 12.0. The largest absolute Gasteiger partial charge is 0.485 e. The van der Waals surface area contributed by atoms with Gasteiger partial charge in [-0.05, 0) is 42.7 Å². The summed E-state index contributed by atoms with van der Waals surface area (Å²) in [7, 11) is 0. The van der Waals surface area contributed by atoms with E-state index in [0.717, 1.165) is 16.5 Å². The summed E-state index contributed by atoms with van der Waals surface area (Å²) in [5, 5.41) is 0. The number of carbonyl (C=O) groups excluding carboxylic acids is 1. The molecule has 0 aliphatic rings. The van der Waals surface area contributed by atoms with Gasteiger partial charge in [-0.1, -0.05) is 47.1 Å². The number of benzene rings is 2. The lowest BCUT2D eigenvalue weighted by atomic mass is 10.1. The van der Waals surface area contributed by atoms with Gasteiger partial charge in [0.1, 0.15) is 5.75 Å². The van der Waals surface area contributed by atoms with Crippen molar-refractivity contribution in [3.05, 3.63) is 63.6 Å². The monoisotopic (exact) mass is 332 g/mol. The van der Waals surface area contributed by atoms with E-state index in [1.165, 1.54) is 5.56 Å². The van der Waals surface area contributed by atoms with E-state index in [0.29, 0.717) is 11.3 Å². The molecule has 3 heteroatoms. The van der Waals surface area contributed by atoms with Gasteiger partial charge in [-0.15, -0.1) is 0 Å². The summed E-state index contributed by atoms with van der Waals surface area (Å²) in [5.41, 5.74) is 3.00. The topological polar surface area (TPSA) is 26.3 Å². The van der Waals surface area contributed by atoms with Crippen molar-refractivity contribution in [3.8, 4) is 5.75 Å². The summed E-state index contributed by atoms with van der Waals surface area (Å²) in [4.78, 5) is 12.0. The molecule has 20 heavy (non-hydrogen) atoms. The minimum absolute atomic E-state index is 0.00627. The molecule has 0 heterocycles. The van der Waals surface area contributed by atoms with Crippen LogP contribution in [0.15, 0.2) is 46.9 Å². The molecule has 104 valence electrons.